The predicted molar refractivity (Wildman–Crippen MR) is 249 cm³/mol. The van der Waals surface area contributed by atoms with Crippen LogP contribution in [0.1, 0.15) is 87.6 Å². The summed E-state index contributed by atoms with van der Waals surface area (Å²) in [4.78, 5) is 29.6. The number of aliphatic carboxylic acids is 1. The van der Waals surface area contributed by atoms with Crippen LogP contribution in [0.15, 0.2) is 85.5 Å². The molecule has 16 nitrogen and oxygen atoms in total. The van der Waals surface area contributed by atoms with Crippen LogP contribution in [0, 0.1) is 22.7 Å². The minimum absolute atomic E-state index is 0.00366. The van der Waals surface area contributed by atoms with Gasteiger partial charge in [-0.3, -0.25) is 20.1 Å². The van der Waals surface area contributed by atoms with Crippen molar-refractivity contribution in [2.75, 3.05) is 19.8 Å². The number of nitriles is 2. The van der Waals surface area contributed by atoms with Crippen LogP contribution in [0.3, 0.4) is 0 Å². The van der Waals surface area contributed by atoms with Crippen molar-refractivity contribution in [3.63, 3.8) is 0 Å². The van der Waals surface area contributed by atoms with Crippen LogP contribution in [-0.4, -0.2) is 66.5 Å². The zero-order valence-electron chi connectivity index (χ0n) is 36.8. The Morgan fingerprint density at radius 1 is 0.750 bits per heavy atom. The number of nitrogens with zero attached hydrogens (tertiary/aromatic N) is 6. The van der Waals surface area contributed by atoms with Crippen LogP contribution in [0.2, 0.25) is 10.0 Å². The fraction of sp³-hybridized carbons (Fsp3) is 0.300. The smallest absolute Gasteiger partial charge is 0.326 e. The molecule has 348 valence electrons. The van der Waals surface area contributed by atoms with Gasteiger partial charge in [0, 0.05) is 66.7 Å². The molecule has 4 heterocycles. The molecule has 0 amide bonds. The second-order valence-corrected chi connectivity index (χ2v) is 17.3. The Hall–Kier alpha value is -6.89. The number of carboxylic acids is 1. The minimum Gasteiger partial charge on any atom is -0.480 e. The van der Waals surface area contributed by atoms with Crippen molar-refractivity contribution in [3.8, 4) is 46.8 Å². The molecule has 0 bridgehead atoms. The van der Waals surface area contributed by atoms with E-state index < -0.39 is 24.2 Å². The number of fused-ring (bicyclic) bond motifs is 2. The molecule has 8 rings (SSSR count). The van der Waals surface area contributed by atoms with Crippen LogP contribution >= 0.6 is 23.2 Å². The maximum absolute atomic E-state index is 11.9. The Bertz CT molecular complexity index is 2930. The molecule has 0 aliphatic heterocycles. The van der Waals surface area contributed by atoms with Crippen LogP contribution in [-0.2, 0) is 43.9 Å². The fourth-order valence-electron chi connectivity index (χ4n) is 8.26. The summed E-state index contributed by atoms with van der Waals surface area (Å²) in [6, 6.07) is 23.2. The number of ether oxygens (including phenoxy) is 4. The predicted octanol–water partition coefficient (Wildman–Crippen LogP) is 7.28. The third-order valence-electron chi connectivity index (χ3n) is 11.9. The Morgan fingerprint density at radius 2 is 1.25 bits per heavy atom. The quantitative estimate of drug-likeness (QED) is 0.0473. The molecule has 0 spiro atoms. The molecule has 2 aliphatic carbocycles. The summed E-state index contributed by atoms with van der Waals surface area (Å²) in [6.45, 7) is 1.41. The maximum atomic E-state index is 11.9. The van der Waals surface area contributed by atoms with Crippen molar-refractivity contribution in [1.82, 2.24) is 30.6 Å². The van der Waals surface area contributed by atoms with Crippen LogP contribution in [0.25, 0.3) is 11.1 Å². The molecule has 2 aromatic carbocycles. The van der Waals surface area contributed by atoms with Gasteiger partial charge in [-0.15, -0.1) is 0 Å². The fourth-order valence-corrected chi connectivity index (χ4v) is 8.70. The van der Waals surface area contributed by atoms with Gasteiger partial charge in [0.05, 0.1) is 24.3 Å². The number of rotatable bonds is 20. The highest BCUT2D eigenvalue weighted by molar-refractivity contribution is 6.32. The monoisotopic (exact) mass is 956 g/mol. The minimum atomic E-state index is -1.65. The number of carbonyl (C=O) groups is 1. The van der Waals surface area contributed by atoms with E-state index in [9.17, 15) is 30.6 Å². The highest BCUT2D eigenvalue weighted by Gasteiger charge is 2.34. The van der Waals surface area contributed by atoms with E-state index >= 15 is 0 Å². The second kappa shape index (κ2) is 21.4. The molecule has 0 unspecified atom stereocenters. The van der Waals surface area contributed by atoms with E-state index in [4.69, 9.17) is 52.1 Å². The molecule has 3 atom stereocenters. The van der Waals surface area contributed by atoms with Gasteiger partial charge in [-0.05, 0) is 90.3 Å². The molecule has 5 N–H and O–H groups in total. The standard InChI is InChI=1S/C50H46Cl2N8O8/c1-50(28-62,49(63)64)58-25-34-17-42(52)48(60-46(34)66-27-32-15-30(19-54)21-57-23-32)68-44-11-9-38-36(5-3-7-40(38)44)35-4-2-6-39-37(35)8-10-43(39)67-47-41(51)16-33(24-55-12-13-61)45(59-47)65-26-31-14-29(18-53)20-56-22-31/h2-7,14-17,20-23,43-44,55,58,61-62H,8-13,24-28H2,1H3,(H,63,64)/t43-,44-,50-/m0/s1. The lowest BCUT2D eigenvalue weighted by molar-refractivity contribution is -0.145. The lowest BCUT2D eigenvalue weighted by atomic mass is 9.91. The van der Waals surface area contributed by atoms with E-state index in [0.29, 0.717) is 70.2 Å². The van der Waals surface area contributed by atoms with Crippen LogP contribution in [0.5, 0.6) is 23.5 Å². The first-order valence-corrected chi connectivity index (χ1v) is 22.6. The highest BCUT2D eigenvalue weighted by Crippen LogP contribution is 2.46. The normalized spacial score (nSPS) is 15.6. The third-order valence-corrected chi connectivity index (χ3v) is 12.4. The molecule has 0 saturated carbocycles. The molecule has 0 fully saturated rings. The van der Waals surface area contributed by atoms with Crippen molar-refractivity contribution in [2.45, 2.75) is 76.7 Å². The largest absolute Gasteiger partial charge is 0.480 e. The number of pyridine rings is 4. The van der Waals surface area contributed by atoms with Crippen molar-refractivity contribution in [3.05, 3.63) is 151 Å². The van der Waals surface area contributed by atoms with E-state index in [1.165, 1.54) is 19.3 Å². The van der Waals surface area contributed by atoms with Gasteiger partial charge in [0.2, 0.25) is 23.5 Å². The molecular formula is C50H46Cl2N8O8. The molecule has 68 heavy (non-hydrogen) atoms. The molecule has 6 aromatic rings. The third kappa shape index (κ3) is 10.6. The molecule has 0 saturated heterocycles. The van der Waals surface area contributed by atoms with Gasteiger partial charge in [-0.2, -0.15) is 20.5 Å². The number of nitrogens with one attached hydrogen (secondary N) is 2. The first-order valence-electron chi connectivity index (χ1n) is 21.8. The maximum Gasteiger partial charge on any atom is 0.326 e. The summed E-state index contributed by atoms with van der Waals surface area (Å²) >= 11 is 13.7. The van der Waals surface area contributed by atoms with E-state index in [2.05, 4.69) is 50.9 Å². The first-order chi connectivity index (χ1) is 33.0. The highest BCUT2D eigenvalue weighted by atomic mass is 35.5. The van der Waals surface area contributed by atoms with Gasteiger partial charge in [-0.1, -0.05) is 59.6 Å². The van der Waals surface area contributed by atoms with Gasteiger partial charge in [-0.25, -0.2) is 0 Å². The topological polar surface area (TPSA) is 238 Å². The summed E-state index contributed by atoms with van der Waals surface area (Å²) in [7, 11) is 0. The van der Waals surface area contributed by atoms with Gasteiger partial charge in [0.15, 0.2) is 0 Å². The van der Waals surface area contributed by atoms with E-state index in [-0.39, 0.29) is 55.1 Å². The number of hydrogen-bond acceptors (Lipinski definition) is 15. The van der Waals surface area contributed by atoms with E-state index in [0.717, 1.165) is 46.2 Å². The second-order valence-electron chi connectivity index (χ2n) is 16.5. The average molecular weight is 958 g/mol. The molecular weight excluding hydrogens is 912 g/mol. The van der Waals surface area contributed by atoms with Crippen molar-refractivity contribution < 1.29 is 39.1 Å². The number of carboxylic acid groups (broad SMARTS) is 1. The number of aliphatic hydroxyl groups excluding tert-OH is 2. The molecule has 0 radical (unpaired) electrons. The summed E-state index contributed by atoms with van der Waals surface area (Å²) in [5.41, 5.74) is 8.00. The lowest BCUT2D eigenvalue weighted by Gasteiger charge is -2.24. The van der Waals surface area contributed by atoms with Gasteiger partial charge < -0.3 is 39.6 Å². The van der Waals surface area contributed by atoms with E-state index in [1.807, 2.05) is 18.2 Å². The van der Waals surface area contributed by atoms with Crippen molar-refractivity contribution >= 4 is 29.2 Å². The summed E-state index contributed by atoms with van der Waals surface area (Å²) in [5, 5.41) is 54.2. The summed E-state index contributed by atoms with van der Waals surface area (Å²) < 4.78 is 25.5. The zero-order chi connectivity index (χ0) is 47.8. The SMILES string of the molecule is C[C@@](CO)(NCc1cc(Cl)c(O[C@H]2CCc3c(-c4cccc5c4CC[C@@H]5Oc4nc(OCc5cncc(C#N)c5)c(CNCCO)cc4Cl)cccc32)nc1OCc1cncc(C#N)c1)C(=O)O. The van der Waals surface area contributed by atoms with Crippen LogP contribution in [0.4, 0.5) is 0 Å². The summed E-state index contributed by atoms with van der Waals surface area (Å²) in [5.74, 6) is -0.464. The van der Waals surface area contributed by atoms with Crippen LogP contribution < -0.4 is 29.6 Å². The van der Waals surface area contributed by atoms with E-state index in [1.54, 1.807) is 36.7 Å². The molecule has 4 aromatic heterocycles. The number of halogens is 2. The number of aromatic nitrogens is 4. The Balaban J connectivity index is 1.03. The van der Waals surface area contributed by atoms with Gasteiger partial charge in [0.25, 0.3) is 0 Å². The molecule has 2 aliphatic rings. The Labute approximate surface area is 402 Å². The van der Waals surface area contributed by atoms with Gasteiger partial charge in [0.1, 0.15) is 53.1 Å². The Morgan fingerprint density at radius 3 is 1.71 bits per heavy atom. The number of benzene rings is 2. The van der Waals surface area contributed by atoms with Gasteiger partial charge >= 0.3 is 5.97 Å². The summed E-state index contributed by atoms with van der Waals surface area (Å²) in [6.07, 6.45) is 8.16. The van der Waals surface area contributed by atoms with Crippen molar-refractivity contribution in [1.29, 1.82) is 10.5 Å². The number of aliphatic hydroxyl groups is 2. The molecule has 18 heteroatoms. The zero-order valence-corrected chi connectivity index (χ0v) is 38.3. The Kier molecular flexibility index (Phi) is 15.0. The first kappa shape index (κ1) is 47.6. The number of hydrogen-bond donors (Lipinski definition) is 5. The lowest BCUT2D eigenvalue weighted by Crippen LogP contribution is -2.52. The van der Waals surface area contributed by atoms with Crippen molar-refractivity contribution in [2.24, 2.45) is 0 Å². The average Bonchev–Trinajstić information content (AvgIpc) is 3.97.